The number of ether oxygens (including phenoxy) is 1. The van der Waals surface area contributed by atoms with Crippen LogP contribution >= 0.6 is 0 Å². The highest BCUT2D eigenvalue weighted by Gasteiger charge is 2.30. The fourth-order valence-corrected chi connectivity index (χ4v) is 2.64. The fraction of sp³-hybridized carbons (Fsp3) is 0.619. The van der Waals surface area contributed by atoms with Gasteiger partial charge in [0, 0.05) is 31.4 Å². The molecule has 0 aliphatic rings. The zero-order chi connectivity index (χ0) is 20.7. The average molecular weight is 378 g/mol. The summed E-state index contributed by atoms with van der Waals surface area (Å²) in [6, 6.07) is 7.54. The maximum atomic E-state index is 12.7. The standard InChI is InChI=1S/C21H35N3O3/c1-8-21(9-2,15-22-19(26)27-20(4,5)6)23-18(25)16-11-13-17(14-12-16)24(7)10-3/h11-14H,8-10,15H2,1-7H3,(H,22,26)(H,23,25). The minimum absolute atomic E-state index is 0.143. The smallest absolute Gasteiger partial charge is 0.407 e. The molecule has 6 heteroatoms. The van der Waals surface area contributed by atoms with Crippen molar-refractivity contribution in [3.8, 4) is 0 Å². The van der Waals surface area contributed by atoms with E-state index < -0.39 is 17.2 Å². The van der Waals surface area contributed by atoms with Gasteiger partial charge in [-0.25, -0.2) is 4.79 Å². The quantitative estimate of drug-likeness (QED) is 0.719. The van der Waals surface area contributed by atoms with E-state index in [4.69, 9.17) is 4.74 Å². The largest absolute Gasteiger partial charge is 0.444 e. The van der Waals surface area contributed by atoms with Crippen molar-refractivity contribution in [2.75, 3.05) is 25.0 Å². The number of carbonyl (C=O) groups is 2. The summed E-state index contributed by atoms with van der Waals surface area (Å²) in [7, 11) is 2.01. The molecule has 0 saturated heterocycles. The molecule has 1 rings (SSSR count). The van der Waals surface area contributed by atoms with Crippen LogP contribution in [0.3, 0.4) is 0 Å². The summed E-state index contributed by atoms with van der Waals surface area (Å²) in [5.74, 6) is -0.143. The van der Waals surface area contributed by atoms with Crippen LogP contribution in [0.2, 0.25) is 0 Å². The molecule has 0 aromatic heterocycles. The SMILES string of the molecule is CCN(C)c1ccc(C(=O)NC(CC)(CC)CNC(=O)OC(C)(C)C)cc1. The molecule has 1 aromatic rings. The molecular weight excluding hydrogens is 342 g/mol. The number of nitrogens with zero attached hydrogens (tertiary/aromatic N) is 1. The molecule has 0 fully saturated rings. The zero-order valence-electron chi connectivity index (χ0n) is 17.8. The molecule has 0 heterocycles. The molecule has 0 saturated carbocycles. The van der Waals surface area contributed by atoms with Crippen LogP contribution in [0.15, 0.2) is 24.3 Å². The lowest BCUT2D eigenvalue weighted by Gasteiger charge is -2.33. The highest BCUT2D eigenvalue weighted by molar-refractivity contribution is 5.95. The number of alkyl carbamates (subject to hydrolysis) is 1. The molecule has 0 aliphatic heterocycles. The monoisotopic (exact) mass is 377 g/mol. The third-order valence-corrected chi connectivity index (χ3v) is 4.75. The van der Waals surface area contributed by atoms with Gasteiger partial charge in [-0.3, -0.25) is 4.79 Å². The van der Waals surface area contributed by atoms with E-state index in [-0.39, 0.29) is 5.91 Å². The molecule has 6 nitrogen and oxygen atoms in total. The first-order valence-electron chi connectivity index (χ1n) is 9.66. The second kappa shape index (κ2) is 9.62. The fourth-order valence-electron chi connectivity index (χ4n) is 2.64. The van der Waals surface area contributed by atoms with Gasteiger partial charge in [0.25, 0.3) is 5.91 Å². The van der Waals surface area contributed by atoms with Gasteiger partial charge in [0.2, 0.25) is 0 Å². The summed E-state index contributed by atoms with van der Waals surface area (Å²) in [5, 5.41) is 5.89. The van der Waals surface area contributed by atoms with E-state index in [0.717, 1.165) is 12.2 Å². The van der Waals surface area contributed by atoms with Crippen LogP contribution in [0.4, 0.5) is 10.5 Å². The molecule has 2 N–H and O–H groups in total. The van der Waals surface area contributed by atoms with Crippen molar-refractivity contribution in [1.82, 2.24) is 10.6 Å². The molecule has 0 radical (unpaired) electrons. The third-order valence-electron chi connectivity index (χ3n) is 4.75. The van der Waals surface area contributed by atoms with Crippen LogP contribution in [0.1, 0.15) is 64.7 Å². The van der Waals surface area contributed by atoms with E-state index >= 15 is 0 Å². The van der Waals surface area contributed by atoms with Crippen LogP contribution in [0.25, 0.3) is 0 Å². The Kier molecular flexibility index (Phi) is 8.13. The van der Waals surface area contributed by atoms with Gasteiger partial charge in [0.1, 0.15) is 5.60 Å². The number of hydrogen-bond donors (Lipinski definition) is 2. The Hall–Kier alpha value is -2.24. The number of anilines is 1. The number of hydrogen-bond acceptors (Lipinski definition) is 4. The van der Waals surface area contributed by atoms with E-state index in [0.29, 0.717) is 24.9 Å². The molecule has 0 bridgehead atoms. The highest BCUT2D eigenvalue weighted by atomic mass is 16.6. The van der Waals surface area contributed by atoms with E-state index in [1.807, 2.05) is 65.9 Å². The first-order valence-corrected chi connectivity index (χ1v) is 9.66. The second-order valence-corrected chi connectivity index (χ2v) is 7.86. The van der Waals surface area contributed by atoms with E-state index in [2.05, 4.69) is 22.5 Å². The predicted molar refractivity (Wildman–Crippen MR) is 110 cm³/mol. The van der Waals surface area contributed by atoms with E-state index in [9.17, 15) is 9.59 Å². The second-order valence-electron chi connectivity index (χ2n) is 7.86. The molecule has 27 heavy (non-hydrogen) atoms. The number of rotatable bonds is 8. The lowest BCUT2D eigenvalue weighted by molar-refractivity contribution is 0.0502. The molecule has 0 aliphatic carbocycles. The molecule has 152 valence electrons. The topological polar surface area (TPSA) is 70.7 Å². The molecule has 2 amide bonds. The first kappa shape index (κ1) is 22.8. The van der Waals surface area contributed by atoms with Gasteiger partial charge in [-0.05, 0) is 64.8 Å². The summed E-state index contributed by atoms with van der Waals surface area (Å²) in [5.41, 5.74) is 0.596. The van der Waals surface area contributed by atoms with Gasteiger partial charge < -0.3 is 20.3 Å². The lowest BCUT2D eigenvalue weighted by Crippen LogP contribution is -2.55. The van der Waals surface area contributed by atoms with Crippen molar-refractivity contribution < 1.29 is 14.3 Å². The summed E-state index contributed by atoms with van der Waals surface area (Å²) in [6.45, 7) is 12.8. The van der Waals surface area contributed by atoms with Crippen LogP contribution in [0, 0.1) is 0 Å². The van der Waals surface area contributed by atoms with Crippen molar-refractivity contribution in [3.63, 3.8) is 0 Å². The van der Waals surface area contributed by atoms with Gasteiger partial charge in [0.05, 0.1) is 5.54 Å². The summed E-state index contributed by atoms with van der Waals surface area (Å²) in [4.78, 5) is 26.8. The normalized spacial score (nSPS) is 11.7. The van der Waals surface area contributed by atoms with Gasteiger partial charge in [-0.2, -0.15) is 0 Å². The molecular formula is C21H35N3O3. The maximum absolute atomic E-state index is 12.7. The Morgan fingerprint density at radius 2 is 1.59 bits per heavy atom. The van der Waals surface area contributed by atoms with Gasteiger partial charge in [-0.15, -0.1) is 0 Å². The molecule has 0 unspecified atom stereocenters. The molecule has 0 spiro atoms. The van der Waals surface area contributed by atoms with Crippen molar-refractivity contribution >= 4 is 17.7 Å². The van der Waals surface area contributed by atoms with E-state index in [1.165, 1.54) is 0 Å². The minimum atomic E-state index is -0.554. The first-order chi connectivity index (χ1) is 12.6. The van der Waals surface area contributed by atoms with Crippen molar-refractivity contribution in [2.24, 2.45) is 0 Å². The number of nitrogens with one attached hydrogen (secondary N) is 2. The van der Waals surface area contributed by atoms with Crippen molar-refractivity contribution in [2.45, 2.75) is 65.5 Å². The Balaban J connectivity index is 2.79. The van der Waals surface area contributed by atoms with Gasteiger partial charge in [-0.1, -0.05) is 13.8 Å². The average Bonchev–Trinajstić information content (AvgIpc) is 2.63. The third kappa shape index (κ3) is 7.12. The molecule has 1 aromatic carbocycles. The summed E-state index contributed by atoms with van der Waals surface area (Å²) in [6.07, 6.45) is 0.915. The van der Waals surface area contributed by atoms with Crippen LogP contribution in [0.5, 0.6) is 0 Å². The van der Waals surface area contributed by atoms with Crippen LogP contribution in [-0.2, 0) is 4.74 Å². The minimum Gasteiger partial charge on any atom is -0.444 e. The van der Waals surface area contributed by atoms with Crippen molar-refractivity contribution in [1.29, 1.82) is 0 Å². The Bertz CT molecular complexity index is 617. The van der Waals surface area contributed by atoms with Gasteiger partial charge in [0.15, 0.2) is 0 Å². The van der Waals surface area contributed by atoms with Gasteiger partial charge >= 0.3 is 6.09 Å². The highest BCUT2D eigenvalue weighted by Crippen LogP contribution is 2.18. The Labute approximate surface area is 163 Å². The number of benzene rings is 1. The predicted octanol–water partition coefficient (Wildman–Crippen LogP) is 3.96. The van der Waals surface area contributed by atoms with Crippen LogP contribution in [-0.4, -0.2) is 43.3 Å². The lowest BCUT2D eigenvalue weighted by atomic mass is 9.92. The summed E-state index contributed by atoms with van der Waals surface area (Å²) < 4.78 is 5.29. The van der Waals surface area contributed by atoms with Crippen LogP contribution < -0.4 is 15.5 Å². The summed E-state index contributed by atoms with van der Waals surface area (Å²) >= 11 is 0. The van der Waals surface area contributed by atoms with Crippen molar-refractivity contribution in [3.05, 3.63) is 29.8 Å². The number of amides is 2. The van der Waals surface area contributed by atoms with E-state index in [1.54, 1.807) is 0 Å². The zero-order valence-corrected chi connectivity index (χ0v) is 17.8. The number of carbonyl (C=O) groups excluding carboxylic acids is 2. The maximum Gasteiger partial charge on any atom is 0.407 e. The molecule has 0 atom stereocenters. The Morgan fingerprint density at radius 3 is 2.04 bits per heavy atom. The Morgan fingerprint density at radius 1 is 1.04 bits per heavy atom.